The molecule has 3 aromatic rings. The molecule has 0 radical (unpaired) electrons. The lowest BCUT2D eigenvalue weighted by Crippen LogP contribution is -2.26. The number of amides is 1. The molecule has 3 heteroatoms. The Hall–Kier alpha value is -2.55. The zero-order chi connectivity index (χ0) is 15.8. The van der Waals surface area contributed by atoms with E-state index in [9.17, 15) is 4.79 Å². The molecule has 23 heavy (non-hydrogen) atoms. The van der Waals surface area contributed by atoms with E-state index in [0.717, 1.165) is 35.1 Å². The third-order valence-corrected chi connectivity index (χ3v) is 4.58. The van der Waals surface area contributed by atoms with Crippen molar-refractivity contribution in [1.29, 1.82) is 0 Å². The maximum Gasteiger partial charge on any atom is 0.251 e. The average Bonchev–Trinajstić information content (AvgIpc) is 3.20. The van der Waals surface area contributed by atoms with Crippen LogP contribution in [0.25, 0.3) is 11.0 Å². The van der Waals surface area contributed by atoms with Crippen LogP contribution >= 0.6 is 0 Å². The maximum atomic E-state index is 12.5. The highest BCUT2D eigenvalue weighted by atomic mass is 16.3. The fourth-order valence-corrected chi connectivity index (χ4v) is 3.28. The number of rotatable bonds is 3. The zero-order valence-corrected chi connectivity index (χ0v) is 13.1. The molecule has 1 aromatic heterocycles. The van der Waals surface area contributed by atoms with Gasteiger partial charge >= 0.3 is 0 Å². The Morgan fingerprint density at radius 2 is 1.91 bits per heavy atom. The molecule has 0 bridgehead atoms. The molecule has 0 unspecified atom stereocenters. The maximum absolute atomic E-state index is 12.5. The molecular formula is C20H19NO2. The second kappa shape index (κ2) is 5.58. The van der Waals surface area contributed by atoms with E-state index < -0.39 is 0 Å². The Bertz CT molecular complexity index is 845. The molecular weight excluding hydrogens is 286 g/mol. The highest BCUT2D eigenvalue weighted by Crippen LogP contribution is 2.25. The molecule has 1 aliphatic carbocycles. The zero-order valence-electron chi connectivity index (χ0n) is 13.1. The van der Waals surface area contributed by atoms with Crippen LogP contribution < -0.4 is 5.32 Å². The summed E-state index contributed by atoms with van der Waals surface area (Å²) in [6.45, 7) is 1.95. The summed E-state index contributed by atoms with van der Waals surface area (Å²) in [5.41, 5.74) is 4.27. The van der Waals surface area contributed by atoms with Crippen molar-refractivity contribution in [1.82, 2.24) is 5.32 Å². The van der Waals surface area contributed by atoms with Crippen LogP contribution in [0, 0.1) is 0 Å². The lowest BCUT2D eigenvalue weighted by atomic mass is 10.1. The van der Waals surface area contributed by atoms with Crippen molar-refractivity contribution >= 4 is 16.9 Å². The van der Waals surface area contributed by atoms with Crippen molar-refractivity contribution in [2.45, 2.75) is 32.2 Å². The molecule has 1 aliphatic rings. The molecule has 0 aliphatic heterocycles. The van der Waals surface area contributed by atoms with Gasteiger partial charge in [0.15, 0.2) is 0 Å². The van der Waals surface area contributed by atoms with Crippen molar-refractivity contribution in [2.24, 2.45) is 0 Å². The number of para-hydroxylation sites is 1. The van der Waals surface area contributed by atoms with Gasteiger partial charge in [-0.1, -0.05) is 24.3 Å². The van der Waals surface area contributed by atoms with E-state index in [1.165, 1.54) is 17.5 Å². The van der Waals surface area contributed by atoms with Crippen LogP contribution in [0.2, 0.25) is 0 Å². The number of nitrogens with one attached hydrogen (secondary N) is 1. The summed E-state index contributed by atoms with van der Waals surface area (Å²) in [6, 6.07) is 15.7. The van der Waals surface area contributed by atoms with E-state index in [4.69, 9.17) is 4.42 Å². The quantitative estimate of drug-likeness (QED) is 0.778. The van der Waals surface area contributed by atoms with Crippen molar-refractivity contribution in [3.05, 3.63) is 71.0 Å². The summed E-state index contributed by atoms with van der Waals surface area (Å²) in [5, 5.41) is 4.09. The molecule has 3 nitrogen and oxygen atoms in total. The first-order chi connectivity index (χ1) is 11.2. The molecule has 1 heterocycles. The fraction of sp³-hybridized carbons (Fsp3) is 0.250. The summed E-state index contributed by atoms with van der Waals surface area (Å²) in [6.07, 6.45) is 3.40. The van der Waals surface area contributed by atoms with Gasteiger partial charge in [-0.25, -0.2) is 0 Å². The van der Waals surface area contributed by atoms with Crippen LogP contribution in [0.3, 0.4) is 0 Å². The number of carbonyl (C=O) groups excluding carboxylic acids is 1. The van der Waals surface area contributed by atoms with Crippen LogP contribution in [0.4, 0.5) is 0 Å². The summed E-state index contributed by atoms with van der Waals surface area (Å²) < 4.78 is 5.83. The molecule has 0 saturated heterocycles. The highest BCUT2D eigenvalue weighted by Gasteiger charge is 2.17. The van der Waals surface area contributed by atoms with Gasteiger partial charge in [0.25, 0.3) is 5.91 Å². The summed E-state index contributed by atoms with van der Waals surface area (Å²) in [4.78, 5) is 12.5. The molecule has 4 rings (SSSR count). The van der Waals surface area contributed by atoms with Gasteiger partial charge in [0.1, 0.15) is 11.3 Å². The predicted octanol–water partition coefficient (Wildman–Crippen LogP) is 4.41. The van der Waals surface area contributed by atoms with Gasteiger partial charge in [0.05, 0.1) is 6.04 Å². The van der Waals surface area contributed by atoms with Crippen LogP contribution in [-0.4, -0.2) is 5.91 Å². The standard InChI is InChI=1S/C20H19NO2/c1-13(19-12-16-5-2-3-8-18(16)23-19)21-20(22)17-10-9-14-6-4-7-15(14)11-17/h2-3,5,8-13H,4,6-7H2,1H3,(H,21,22)/t13-/m0/s1. The topological polar surface area (TPSA) is 42.2 Å². The Morgan fingerprint density at radius 3 is 2.78 bits per heavy atom. The first kappa shape index (κ1) is 14.1. The number of benzene rings is 2. The minimum absolute atomic E-state index is 0.0485. The largest absolute Gasteiger partial charge is 0.459 e. The lowest BCUT2D eigenvalue weighted by molar-refractivity contribution is 0.0935. The average molecular weight is 305 g/mol. The number of hydrogen-bond donors (Lipinski definition) is 1. The minimum atomic E-state index is -0.164. The highest BCUT2D eigenvalue weighted by molar-refractivity contribution is 5.94. The summed E-state index contributed by atoms with van der Waals surface area (Å²) >= 11 is 0. The van der Waals surface area contributed by atoms with Crippen molar-refractivity contribution < 1.29 is 9.21 Å². The minimum Gasteiger partial charge on any atom is -0.459 e. The Kier molecular flexibility index (Phi) is 3.41. The molecule has 116 valence electrons. The van der Waals surface area contributed by atoms with Gasteiger partial charge in [-0.3, -0.25) is 4.79 Å². The molecule has 0 spiro atoms. The molecule has 2 aromatic carbocycles. The van der Waals surface area contributed by atoms with Crippen molar-refractivity contribution in [3.63, 3.8) is 0 Å². The lowest BCUT2D eigenvalue weighted by Gasteiger charge is -2.12. The Morgan fingerprint density at radius 1 is 1.09 bits per heavy atom. The van der Waals surface area contributed by atoms with Gasteiger partial charge in [-0.2, -0.15) is 0 Å². The third-order valence-electron chi connectivity index (χ3n) is 4.58. The van der Waals surface area contributed by atoms with Crippen LogP contribution in [0.1, 0.15) is 46.6 Å². The summed E-state index contributed by atoms with van der Waals surface area (Å²) in [7, 11) is 0. The molecule has 0 fully saturated rings. The first-order valence-corrected chi connectivity index (χ1v) is 8.12. The Balaban J connectivity index is 1.53. The van der Waals surface area contributed by atoms with Crippen LogP contribution in [0.15, 0.2) is 52.9 Å². The second-order valence-corrected chi connectivity index (χ2v) is 6.22. The number of hydrogen-bond acceptors (Lipinski definition) is 2. The third kappa shape index (κ3) is 2.63. The number of carbonyl (C=O) groups is 1. The van der Waals surface area contributed by atoms with Gasteiger partial charge in [0.2, 0.25) is 0 Å². The van der Waals surface area contributed by atoms with Gasteiger partial charge in [0, 0.05) is 10.9 Å². The van der Waals surface area contributed by atoms with Gasteiger partial charge in [-0.05, 0) is 61.6 Å². The number of aryl methyl sites for hydroxylation is 2. The Labute approximate surface area is 135 Å². The first-order valence-electron chi connectivity index (χ1n) is 8.12. The second-order valence-electron chi connectivity index (χ2n) is 6.22. The molecule has 1 atom stereocenters. The molecule has 1 amide bonds. The summed E-state index contributed by atoms with van der Waals surface area (Å²) in [5.74, 6) is 0.730. The van der Waals surface area contributed by atoms with E-state index in [-0.39, 0.29) is 11.9 Å². The van der Waals surface area contributed by atoms with Crippen LogP contribution in [-0.2, 0) is 12.8 Å². The SMILES string of the molecule is C[C@H](NC(=O)c1ccc2c(c1)CCC2)c1cc2ccccc2o1. The monoisotopic (exact) mass is 305 g/mol. The fourth-order valence-electron chi connectivity index (χ4n) is 3.28. The smallest absolute Gasteiger partial charge is 0.251 e. The van der Waals surface area contributed by atoms with E-state index in [1.54, 1.807) is 0 Å². The molecule has 1 N–H and O–H groups in total. The normalized spacial score (nSPS) is 14.7. The van der Waals surface area contributed by atoms with Crippen LogP contribution in [0.5, 0.6) is 0 Å². The predicted molar refractivity (Wildman–Crippen MR) is 90.6 cm³/mol. The van der Waals surface area contributed by atoms with E-state index in [0.29, 0.717) is 0 Å². The van der Waals surface area contributed by atoms with Crippen molar-refractivity contribution in [3.8, 4) is 0 Å². The van der Waals surface area contributed by atoms with E-state index in [2.05, 4.69) is 11.4 Å². The number of fused-ring (bicyclic) bond motifs is 2. The van der Waals surface area contributed by atoms with Gasteiger partial charge < -0.3 is 9.73 Å². The van der Waals surface area contributed by atoms with Crippen molar-refractivity contribution in [2.75, 3.05) is 0 Å². The van der Waals surface area contributed by atoms with E-state index in [1.807, 2.05) is 49.4 Å². The van der Waals surface area contributed by atoms with E-state index >= 15 is 0 Å². The molecule has 0 saturated carbocycles. The van der Waals surface area contributed by atoms with Gasteiger partial charge in [-0.15, -0.1) is 0 Å². The number of furan rings is 1.